The number of ether oxygens (including phenoxy) is 1. The highest BCUT2D eigenvalue weighted by Gasteiger charge is 2.36. The molecule has 0 fully saturated rings. The Bertz CT molecular complexity index is 898. The summed E-state index contributed by atoms with van der Waals surface area (Å²) in [6, 6.07) is 19.0. The predicted molar refractivity (Wildman–Crippen MR) is 105 cm³/mol. The second-order valence-electron chi connectivity index (χ2n) is 6.67. The van der Waals surface area contributed by atoms with Crippen LogP contribution < -0.4 is 0 Å². The van der Waals surface area contributed by atoms with Crippen LogP contribution in [-0.4, -0.2) is 23.4 Å². The molecule has 0 bridgehead atoms. The van der Waals surface area contributed by atoms with Gasteiger partial charge in [0.15, 0.2) is 0 Å². The molecule has 0 aromatic heterocycles. The van der Waals surface area contributed by atoms with Crippen molar-refractivity contribution in [2.75, 3.05) is 6.61 Å². The van der Waals surface area contributed by atoms with Crippen molar-refractivity contribution in [1.82, 2.24) is 4.90 Å². The quantitative estimate of drug-likeness (QED) is 0.722. The fourth-order valence-corrected chi connectivity index (χ4v) is 3.42. The molecular weight excluding hydrogens is 352 g/mol. The summed E-state index contributed by atoms with van der Waals surface area (Å²) in [6.45, 7) is 2.49. The topological polar surface area (TPSA) is 70.4 Å². The van der Waals surface area contributed by atoms with E-state index in [0.717, 1.165) is 11.1 Å². The van der Waals surface area contributed by atoms with Crippen LogP contribution in [0.2, 0.25) is 0 Å². The summed E-state index contributed by atoms with van der Waals surface area (Å²) in [5, 5.41) is 9.00. The summed E-state index contributed by atoms with van der Waals surface area (Å²) in [5.41, 5.74) is 2.48. The number of esters is 1. The number of carbonyl (C=O) groups excluding carboxylic acids is 2. The standard InChI is InChI=1S/C23H22N2O3/c1-2-28-22(26)14-21-20(19-10-8-17(15-24)9-11-19)12-13-25(23(21)27)16-18-6-4-3-5-7-18/h3-13,20-21H,2,14,16H2,1H3/t20-,21-/m0/s1. The number of nitrogens with zero attached hydrogens (tertiary/aromatic N) is 2. The van der Waals surface area contributed by atoms with Gasteiger partial charge >= 0.3 is 5.97 Å². The van der Waals surface area contributed by atoms with Gasteiger partial charge in [-0.15, -0.1) is 0 Å². The molecule has 0 N–H and O–H groups in total. The van der Waals surface area contributed by atoms with E-state index in [1.54, 1.807) is 30.2 Å². The first-order chi connectivity index (χ1) is 13.6. The van der Waals surface area contributed by atoms with Gasteiger partial charge in [0.2, 0.25) is 5.91 Å². The molecule has 1 heterocycles. The normalized spacial score (nSPS) is 18.6. The van der Waals surface area contributed by atoms with Crippen LogP contribution in [0.3, 0.4) is 0 Å². The van der Waals surface area contributed by atoms with Crippen LogP contribution in [0.4, 0.5) is 0 Å². The smallest absolute Gasteiger partial charge is 0.306 e. The van der Waals surface area contributed by atoms with Gasteiger partial charge in [-0.3, -0.25) is 9.59 Å². The highest BCUT2D eigenvalue weighted by molar-refractivity contribution is 5.86. The second-order valence-corrected chi connectivity index (χ2v) is 6.67. The Morgan fingerprint density at radius 1 is 1.14 bits per heavy atom. The van der Waals surface area contributed by atoms with Gasteiger partial charge in [0.1, 0.15) is 0 Å². The Balaban J connectivity index is 1.88. The average Bonchev–Trinajstić information content (AvgIpc) is 2.72. The lowest BCUT2D eigenvalue weighted by molar-refractivity contribution is -0.148. The summed E-state index contributed by atoms with van der Waals surface area (Å²) >= 11 is 0. The summed E-state index contributed by atoms with van der Waals surface area (Å²) in [5.74, 6) is -1.26. The molecule has 0 unspecified atom stereocenters. The SMILES string of the molecule is CCOC(=O)C[C@@H]1C(=O)N(Cc2ccccc2)C=C[C@H]1c1ccc(C#N)cc1. The van der Waals surface area contributed by atoms with Gasteiger partial charge in [-0.25, -0.2) is 0 Å². The van der Waals surface area contributed by atoms with Gasteiger partial charge in [-0.05, 0) is 30.2 Å². The minimum Gasteiger partial charge on any atom is -0.466 e. The molecule has 5 nitrogen and oxygen atoms in total. The molecule has 2 aromatic rings. The molecule has 0 spiro atoms. The minimum absolute atomic E-state index is 0.0208. The summed E-state index contributed by atoms with van der Waals surface area (Å²) in [6.07, 6.45) is 3.77. The summed E-state index contributed by atoms with van der Waals surface area (Å²) < 4.78 is 5.09. The molecule has 0 saturated heterocycles. The lowest BCUT2D eigenvalue weighted by Crippen LogP contribution is -2.39. The molecule has 0 radical (unpaired) electrons. The van der Waals surface area contributed by atoms with E-state index in [0.29, 0.717) is 12.1 Å². The van der Waals surface area contributed by atoms with Gasteiger partial charge in [0.05, 0.1) is 37.1 Å². The number of nitriles is 1. The zero-order valence-electron chi connectivity index (χ0n) is 15.7. The van der Waals surface area contributed by atoms with Crippen LogP contribution in [0.15, 0.2) is 66.9 Å². The number of amides is 1. The molecule has 1 aliphatic rings. The molecule has 0 saturated carbocycles. The van der Waals surface area contributed by atoms with E-state index in [1.807, 2.05) is 48.5 Å². The fraction of sp³-hybridized carbons (Fsp3) is 0.261. The van der Waals surface area contributed by atoms with Crippen molar-refractivity contribution >= 4 is 11.9 Å². The maximum absolute atomic E-state index is 13.2. The van der Waals surface area contributed by atoms with Gasteiger partial charge in [-0.1, -0.05) is 48.5 Å². The Morgan fingerprint density at radius 3 is 2.50 bits per heavy atom. The van der Waals surface area contributed by atoms with Crippen molar-refractivity contribution < 1.29 is 14.3 Å². The molecule has 0 aliphatic carbocycles. The first kappa shape index (κ1) is 19.4. The van der Waals surface area contributed by atoms with E-state index >= 15 is 0 Å². The van der Waals surface area contributed by atoms with Crippen molar-refractivity contribution in [1.29, 1.82) is 5.26 Å². The van der Waals surface area contributed by atoms with Crippen LogP contribution in [-0.2, 0) is 20.9 Å². The van der Waals surface area contributed by atoms with Crippen molar-refractivity contribution in [3.05, 3.63) is 83.6 Å². The largest absolute Gasteiger partial charge is 0.466 e. The van der Waals surface area contributed by atoms with Crippen LogP contribution in [0.5, 0.6) is 0 Å². The van der Waals surface area contributed by atoms with E-state index in [-0.39, 0.29) is 30.8 Å². The zero-order valence-corrected chi connectivity index (χ0v) is 15.7. The third-order valence-corrected chi connectivity index (χ3v) is 4.82. The van der Waals surface area contributed by atoms with Gasteiger partial charge in [0.25, 0.3) is 0 Å². The van der Waals surface area contributed by atoms with E-state index < -0.39 is 5.92 Å². The van der Waals surface area contributed by atoms with Crippen molar-refractivity contribution in [3.63, 3.8) is 0 Å². The first-order valence-electron chi connectivity index (χ1n) is 9.30. The molecule has 1 aliphatic heterocycles. The van der Waals surface area contributed by atoms with Crippen LogP contribution >= 0.6 is 0 Å². The molecule has 2 atom stereocenters. The molecule has 5 heteroatoms. The first-order valence-corrected chi connectivity index (χ1v) is 9.30. The van der Waals surface area contributed by atoms with E-state index in [1.165, 1.54) is 0 Å². The number of rotatable bonds is 6. The number of benzene rings is 2. The van der Waals surface area contributed by atoms with Crippen molar-refractivity contribution in [2.24, 2.45) is 5.92 Å². The Kier molecular flexibility index (Phi) is 6.23. The van der Waals surface area contributed by atoms with Gasteiger partial charge in [-0.2, -0.15) is 5.26 Å². The fourth-order valence-electron chi connectivity index (χ4n) is 3.42. The summed E-state index contributed by atoms with van der Waals surface area (Å²) in [4.78, 5) is 27.0. The minimum atomic E-state index is -0.541. The highest BCUT2D eigenvalue weighted by atomic mass is 16.5. The molecule has 1 amide bonds. The molecule has 2 aromatic carbocycles. The monoisotopic (exact) mass is 374 g/mol. The lowest BCUT2D eigenvalue weighted by Gasteiger charge is -2.33. The Morgan fingerprint density at radius 2 is 1.86 bits per heavy atom. The number of carbonyl (C=O) groups is 2. The van der Waals surface area contributed by atoms with Gasteiger partial charge < -0.3 is 9.64 Å². The summed E-state index contributed by atoms with van der Waals surface area (Å²) in [7, 11) is 0. The maximum Gasteiger partial charge on any atom is 0.306 e. The van der Waals surface area contributed by atoms with Crippen molar-refractivity contribution in [2.45, 2.75) is 25.8 Å². The average molecular weight is 374 g/mol. The molecule has 3 rings (SSSR count). The second kappa shape index (κ2) is 9.01. The van der Waals surface area contributed by atoms with Crippen molar-refractivity contribution in [3.8, 4) is 6.07 Å². The Hall–Kier alpha value is -3.39. The van der Waals surface area contributed by atoms with Crippen LogP contribution in [0, 0.1) is 17.2 Å². The van der Waals surface area contributed by atoms with E-state index in [4.69, 9.17) is 10.00 Å². The lowest BCUT2D eigenvalue weighted by atomic mass is 9.81. The Labute approximate surface area is 164 Å². The molecule has 28 heavy (non-hydrogen) atoms. The van der Waals surface area contributed by atoms with Crippen LogP contribution in [0.1, 0.15) is 36.0 Å². The molecule has 142 valence electrons. The zero-order chi connectivity index (χ0) is 19.9. The maximum atomic E-state index is 13.2. The third-order valence-electron chi connectivity index (χ3n) is 4.82. The highest BCUT2D eigenvalue weighted by Crippen LogP contribution is 2.35. The number of hydrogen-bond donors (Lipinski definition) is 0. The molecular formula is C23H22N2O3. The third kappa shape index (κ3) is 4.47. The number of allylic oxidation sites excluding steroid dienone is 1. The number of hydrogen-bond acceptors (Lipinski definition) is 4. The van der Waals surface area contributed by atoms with Crippen LogP contribution in [0.25, 0.3) is 0 Å². The van der Waals surface area contributed by atoms with E-state index in [9.17, 15) is 9.59 Å². The van der Waals surface area contributed by atoms with E-state index in [2.05, 4.69) is 6.07 Å². The predicted octanol–water partition coefficient (Wildman–Crippen LogP) is 3.77. The van der Waals surface area contributed by atoms with Gasteiger partial charge in [0, 0.05) is 12.1 Å².